The molecule has 3 N–H and O–H groups in total. The van der Waals surface area contributed by atoms with E-state index in [0.29, 0.717) is 17.7 Å². The van der Waals surface area contributed by atoms with Gasteiger partial charge in [-0.15, -0.1) is 0 Å². The SMILES string of the molecule is NCC(=CF)COc1ccc(-c2nc3ccccc3[nH]2)cc1. The molecule has 0 radical (unpaired) electrons. The van der Waals surface area contributed by atoms with Crippen LogP contribution in [0.4, 0.5) is 4.39 Å². The molecule has 4 nitrogen and oxygen atoms in total. The molecule has 0 amide bonds. The highest BCUT2D eigenvalue weighted by Gasteiger charge is 2.05. The maximum atomic E-state index is 12.4. The third-order valence-electron chi connectivity index (χ3n) is 3.36. The average molecular weight is 297 g/mol. The summed E-state index contributed by atoms with van der Waals surface area (Å²) in [6.07, 6.45) is 0.489. The number of nitrogens with zero attached hydrogens (tertiary/aromatic N) is 1. The van der Waals surface area contributed by atoms with Gasteiger partial charge in [-0.05, 0) is 36.4 Å². The fourth-order valence-electron chi connectivity index (χ4n) is 2.11. The van der Waals surface area contributed by atoms with Crippen molar-refractivity contribution < 1.29 is 9.13 Å². The van der Waals surface area contributed by atoms with Crippen LogP contribution in [0.25, 0.3) is 22.4 Å². The molecule has 2 aromatic carbocycles. The quantitative estimate of drug-likeness (QED) is 0.758. The lowest BCUT2D eigenvalue weighted by atomic mass is 10.2. The standard InChI is InChI=1S/C17H16FN3O/c18-9-12(10-19)11-22-14-7-5-13(6-8-14)17-20-15-3-1-2-4-16(15)21-17/h1-9H,10-11,19H2,(H,20,21). The van der Waals surface area contributed by atoms with Crippen molar-refractivity contribution in [2.24, 2.45) is 5.73 Å². The fraction of sp³-hybridized carbons (Fsp3) is 0.118. The Morgan fingerprint density at radius 3 is 2.64 bits per heavy atom. The van der Waals surface area contributed by atoms with Crippen molar-refractivity contribution in [2.75, 3.05) is 13.2 Å². The first-order valence-electron chi connectivity index (χ1n) is 6.96. The summed E-state index contributed by atoms with van der Waals surface area (Å²) < 4.78 is 17.9. The van der Waals surface area contributed by atoms with Crippen LogP contribution in [0, 0.1) is 0 Å². The summed E-state index contributed by atoms with van der Waals surface area (Å²) in [5.41, 5.74) is 8.69. The van der Waals surface area contributed by atoms with Crippen molar-refractivity contribution in [3.63, 3.8) is 0 Å². The van der Waals surface area contributed by atoms with Crippen LogP contribution in [-0.2, 0) is 0 Å². The molecule has 0 aliphatic rings. The number of para-hydroxylation sites is 2. The van der Waals surface area contributed by atoms with Gasteiger partial charge in [-0.3, -0.25) is 0 Å². The maximum absolute atomic E-state index is 12.4. The molecule has 22 heavy (non-hydrogen) atoms. The summed E-state index contributed by atoms with van der Waals surface area (Å²) >= 11 is 0. The number of nitrogens with one attached hydrogen (secondary N) is 1. The zero-order valence-electron chi connectivity index (χ0n) is 11.9. The Kier molecular flexibility index (Phi) is 4.16. The Labute approximate surface area is 127 Å². The Bertz CT molecular complexity index is 760. The summed E-state index contributed by atoms with van der Waals surface area (Å²) in [6, 6.07) is 15.4. The lowest BCUT2D eigenvalue weighted by Crippen LogP contribution is -2.10. The van der Waals surface area contributed by atoms with Gasteiger partial charge in [0, 0.05) is 17.7 Å². The summed E-state index contributed by atoms with van der Waals surface area (Å²) in [6.45, 7) is 0.296. The number of ether oxygens (including phenoxy) is 1. The van der Waals surface area contributed by atoms with Crippen LogP contribution in [0.1, 0.15) is 0 Å². The molecule has 3 rings (SSSR count). The van der Waals surface area contributed by atoms with E-state index in [9.17, 15) is 4.39 Å². The van der Waals surface area contributed by atoms with E-state index in [1.54, 1.807) is 0 Å². The molecule has 0 aliphatic heterocycles. The molecule has 5 heteroatoms. The van der Waals surface area contributed by atoms with Gasteiger partial charge in [0.25, 0.3) is 0 Å². The number of H-pyrrole nitrogens is 1. The second-order valence-electron chi connectivity index (χ2n) is 4.89. The summed E-state index contributed by atoms with van der Waals surface area (Å²) in [5.74, 6) is 1.46. The number of fused-ring (bicyclic) bond motifs is 1. The molecule has 112 valence electrons. The molecule has 0 unspecified atom stereocenters. The van der Waals surface area contributed by atoms with Crippen LogP contribution in [0.3, 0.4) is 0 Å². The van der Waals surface area contributed by atoms with Gasteiger partial charge < -0.3 is 15.5 Å². The molecule has 0 saturated carbocycles. The molecule has 0 saturated heterocycles. The Morgan fingerprint density at radius 2 is 1.95 bits per heavy atom. The van der Waals surface area contributed by atoms with Crippen LogP contribution in [0.5, 0.6) is 5.75 Å². The number of nitrogens with two attached hydrogens (primary N) is 1. The van der Waals surface area contributed by atoms with E-state index >= 15 is 0 Å². The van der Waals surface area contributed by atoms with Crippen LogP contribution >= 0.6 is 0 Å². The highest BCUT2D eigenvalue weighted by molar-refractivity contribution is 5.79. The van der Waals surface area contributed by atoms with E-state index in [-0.39, 0.29) is 13.2 Å². The second-order valence-corrected chi connectivity index (χ2v) is 4.89. The fourth-order valence-corrected chi connectivity index (χ4v) is 2.11. The molecule has 0 atom stereocenters. The number of halogens is 1. The summed E-state index contributed by atoms with van der Waals surface area (Å²) in [4.78, 5) is 7.81. The van der Waals surface area contributed by atoms with Gasteiger partial charge in [0.15, 0.2) is 0 Å². The molecule has 0 fully saturated rings. The van der Waals surface area contributed by atoms with Gasteiger partial charge >= 0.3 is 0 Å². The van der Waals surface area contributed by atoms with E-state index in [2.05, 4.69) is 9.97 Å². The Hall–Kier alpha value is -2.66. The molecule has 0 spiro atoms. The number of aromatic nitrogens is 2. The largest absolute Gasteiger partial charge is 0.489 e. The molecule has 3 aromatic rings. The first-order chi connectivity index (χ1) is 10.8. The third kappa shape index (κ3) is 2.99. The number of aromatic amines is 1. The Balaban J connectivity index is 1.76. The third-order valence-corrected chi connectivity index (χ3v) is 3.36. The average Bonchev–Trinajstić information content (AvgIpc) is 3.00. The predicted octanol–water partition coefficient (Wildman–Crippen LogP) is 3.42. The van der Waals surface area contributed by atoms with E-state index in [4.69, 9.17) is 10.5 Å². The molecule has 1 heterocycles. The molecular weight excluding hydrogens is 281 g/mol. The van der Waals surface area contributed by atoms with Crippen LogP contribution in [0.15, 0.2) is 60.4 Å². The van der Waals surface area contributed by atoms with E-state index < -0.39 is 0 Å². The van der Waals surface area contributed by atoms with Gasteiger partial charge in [-0.1, -0.05) is 12.1 Å². The first-order valence-corrected chi connectivity index (χ1v) is 6.96. The van der Waals surface area contributed by atoms with E-state index in [1.165, 1.54) is 0 Å². The minimum Gasteiger partial charge on any atom is -0.489 e. The maximum Gasteiger partial charge on any atom is 0.138 e. The lowest BCUT2D eigenvalue weighted by molar-refractivity contribution is 0.347. The van der Waals surface area contributed by atoms with E-state index in [0.717, 1.165) is 22.4 Å². The van der Waals surface area contributed by atoms with E-state index in [1.807, 2.05) is 48.5 Å². The predicted molar refractivity (Wildman–Crippen MR) is 85.3 cm³/mol. The van der Waals surface area contributed by atoms with Crippen molar-refractivity contribution in [3.8, 4) is 17.1 Å². The zero-order chi connectivity index (χ0) is 15.4. The van der Waals surface area contributed by atoms with Gasteiger partial charge in [-0.25, -0.2) is 9.37 Å². The van der Waals surface area contributed by atoms with Gasteiger partial charge in [-0.2, -0.15) is 0 Å². The van der Waals surface area contributed by atoms with Crippen LogP contribution in [0.2, 0.25) is 0 Å². The van der Waals surface area contributed by atoms with Crippen molar-refractivity contribution in [1.82, 2.24) is 9.97 Å². The highest BCUT2D eigenvalue weighted by Crippen LogP contribution is 2.22. The molecular formula is C17H16FN3O. The summed E-state index contributed by atoms with van der Waals surface area (Å²) in [5, 5.41) is 0. The summed E-state index contributed by atoms with van der Waals surface area (Å²) in [7, 11) is 0. The first kappa shape index (κ1) is 14.3. The van der Waals surface area contributed by atoms with Crippen molar-refractivity contribution in [2.45, 2.75) is 0 Å². The minimum atomic E-state index is 0.146. The smallest absolute Gasteiger partial charge is 0.138 e. The van der Waals surface area contributed by atoms with Gasteiger partial charge in [0.05, 0.1) is 17.4 Å². The molecule has 0 aliphatic carbocycles. The molecule has 1 aromatic heterocycles. The van der Waals surface area contributed by atoms with Crippen molar-refractivity contribution >= 4 is 11.0 Å². The number of rotatable bonds is 5. The zero-order valence-corrected chi connectivity index (χ0v) is 11.9. The number of benzene rings is 2. The van der Waals surface area contributed by atoms with Gasteiger partial charge in [0.1, 0.15) is 18.2 Å². The molecule has 0 bridgehead atoms. The number of hydrogen-bond acceptors (Lipinski definition) is 3. The Morgan fingerprint density at radius 1 is 1.18 bits per heavy atom. The van der Waals surface area contributed by atoms with Crippen molar-refractivity contribution in [1.29, 1.82) is 0 Å². The highest BCUT2D eigenvalue weighted by atomic mass is 19.1. The van der Waals surface area contributed by atoms with Gasteiger partial charge in [0.2, 0.25) is 0 Å². The van der Waals surface area contributed by atoms with Crippen LogP contribution in [-0.4, -0.2) is 23.1 Å². The van der Waals surface area contributed by atoms with Crippen LogP contribution < -0.4 is 10.5 Å². The normalized spacial score (nSPS) is 11.8. The number of hydrogen-bond donors (Lipinski definition) is 2. The second kappa shape index (κ2) is 6.41. The number of imidazole rings is 1. The topological polar surface area (TPSA) is 63.9 Å². The lowest BCUT2D eigenvalue weighted by Gasteiger charge is -2.07. The van der Waals surface area contributed by atoms with Crippen molar-refractivity contribution in [3.05, 3.63) is 60.4 Å². The minimum absolute atomic E-state index is 0.146. The monoisotopic (exact) mass is 297 g/mol.